The Morgan fingerprint density at radius 2 is 1.10 bits per heavy atom. The zero-order valence-corrected chi connectivity index (χ0v) is 12.2. The molecule has 0 atom stereocenters. The molecule has 21 heavy (non-hydrogen) atoms. The molecular weight excluding hydrogens is 300 g/mol. The molecule has 0 heterocycles. The molecule has 0 unspecified atom stereocenters. The minimum atomic E-state index is -6.00. The summed E-state index contributed by atoms with van der Waals surface area (Å²) in [6.45, 7) is 0.746. The molecule has 0 bridgehead atoms. The van der Waals surface area contributed by atoms with Crippen molar-refractivity contribution in [2.24, 2.45) is 5.73 Å². The molecule has 0 fully saturated rings. The van der Waals surface area contributed by atoms with Gasteiger partial charge in [-0.3, -0.25) is 0 Å². The SMILES string of the molecule is F[B-](F)(F)F.NCCP(c1ccccc1)c1ccccc1. The fourth-order valence-corrected chi connectivity index (χ4v) is 3.89. The number of benzene rings is 2. The van der Waals surface area contributed by atoms with Crippen LogP contribution in [0, 0.1) is 0 Å². The van der Waals surface area contributed by atoms with Gasteiger partial charge >= 0.3 is 7.25 Å². The van der Waals surface area contributed by atoms with E-state index in [0.717, 1.165) is 12.7 Å². The van der Waals surface area contributed by atoms with Crippen LogP contribution in [0.25, 0.3) is 0 Å². The minimum absolute atomic E-state index is 0.276. The second kappa shape index (κ2) is 8.80. The van der Waals surface area contributed by atoms with Crippen LogP contribution in [0.3, 0.4) is 0 Å². The van der Waals surface area contributed by atoms with Crippen molar-refractivity contribution in [1.29, 1.82) is 0 Å². The maximum Gasteiger partial charge on any atom is 0.673 e. The molecule has 7 heteroatoms. The Balaban J connectivity index is 0.000000383. The van der Waals surface area contributed by atoms with E-state index in [2.05, 4.69) is 60.7 Å². The van der Waals surface area contributed by atoms with Crippen molar-refractivity contribution in [3.8, 4) is 0 Å². The maximum absolute atomic E-state index is 9.75. The molecule has 0 spiro atoms. The zero-order chi connectivity index (χ0) is 15.7. The molecule has 0 saturated heterocycles. The van der Waals surface area contributed by atoms with E-state index in [4.69, 9.17) is 5.73 Å². The zero-order valence-electron chi connectivity index (χ0n) is 11.3. The van der Waals surface area contributed by atoms with Crippen LogP contribution < -0.4 is 16.3 Å². The molecule has 114 valence electrons. The molecule has 2 N–H and O–H groups in total. The van der Waals surface area contributed by atoms with Crippen molar-refractivity contribution in [3.63, 3.8) is 0 Å². The van der Waals surface area contributed by atoms with Gasteiger partial charge in [0.05, 0.1) is 0 Å². The molecule has 0 aliphatic heterocycles. The number of nitrogens with two attached hydrogens (primary N) is 1. The van der Waals surface area contributed by atoms with Gasteiger partial charge in [-0.15, -0.1) is 0 Å². The highest BCUT2D eigenvalue weighted by atomic mass is 31.1. The number of rotatable bonds is 4. The van der Waals surface area contributed by atoms with Crippen LogP contribution in [0.1, 0.15) is 0 Å². The summed E-state index contributed by atoms with van der Waals surface area (Å²) in [6.07, 6.45) is 1.06. The van der Waals surface area contributed by atoms with Gasteiger partial charge in [-0.2, -0.15) is 0 Å². The summed E-state index contributed by atoms with van der Waals surface area (Å²) in [6, 6.07) is 21.3. The highest BCUT2D eigenvalue weighted by Gasteiger charge is 2.20. The van der Waals surface area contributed by atoms with Gasteiger partial charge in [0, 0.05) is 0 Å². The fraction of sp³-hybridized carbons (Fsp3) is 0.143. The van der Waals surface area contributed by atoms with Gasteiger partial charge in [0.25, 0.3) is 0 Å². The standard InChI is InChI=1S/C14H16NP.BF4/c15-11-12-16(13-7-3-1-4-8-13)14-9-5-2-6-10-14;2-1(3,4)5/h1-10H,11-12,15H2;/q;-1. The highest BCUT2D eigenvalue weighted by molar-refractivity contribution is 7.73. The first-order chi connectivity index (χ1) is 9.92. The Hall–Kier alpha value is -1.39. The molecule has 0 aromatic heterocycles. The predicted octanol–water partition coefficient (Wildman–Crippen LogP) is 3.38. The normalized spacial score (nSPS) is 11.0. The topological polar surface area (TPSA) is 26.0 Å². The Labute approximate surface area is 123 Å². The van der Waals surface area contributed by atoms with Crippen LogP contribution in [0.15, 0.2) is 60.7 Å². The summed E-state index contributed by atoms with van der Waals surface area (Å²) >= 11 is 0. The Morgan fingerprint density at radius 3 is 1.38 bits per heavy atom. The summed E-state index contributed by atoms with van der Waals surface area (Å²) in [5, 5.41) is 2.82. The molecule has 2 aromatic carbocycles. The maximum atomic E-state index is 9.75. The molecule has 0 radical (unpaired) electrons. The largest absolute Gasteiger partial charge is 0.673 e. The summed E-state index contributed by atoms with van der Waals surface area (Å²) in [7, 11) is -6.28. The van der Waals surface area contributed by atoms with Crippen molar-refractivity contribution in [3.05, 3.63) is 60.7 Å². The van der Waals surface area contributed by atoms with E-state index in [1.54, 1.807) is 0 Å². The van der Waals surface area contributed by atoms with E-state index >= 15 is 0 Å². The lowest BCUT2D eigenvalue weighted by Gasteiger charge is -2.17. The predicted molar refractivity (Wildman–Crippen MR) is 83.2 cm³/mol. The summed E-state index contributed by atoms with van der Waals surface area (Å²) < 4.78 is 39.0. The van der Waals surface area contributed by atoms with Crippen LogP contribution in [-0.4, -0.2) is 20.0 Å². The summed E-state index contributed by atoms with van der Waals surface area (Å²) in [5.74, 6) is 0. The van der Waals surface area contributed by atoms with E-state index in [0.29, 0.717) is 0 Å². The smallest absolute Gasteiger partial charge is 0.418 e. The lowest BCUT2D eigenvalue weighted by Crippen LogP contribution is -2.18. The van der Waals surface area contributed by atoms with Gasteiger partial charge in [-0.25, -0.2) is 0 Å². The Morgan fingerprint density at radius 1 is 0.762 bits per heavy atom. The second-order valence-electron chi connectivity index (χ2n) is 4.11. The molecule has 2 rings (SSSR count). The van der Waals surface area contributed by atoms with Gasteiger partial charge < -0.3 is 23.0 Å². The Kier molecular flexibility index (Phi) is 7.41. The molecule has 0 aliphatic carbocycles. The third kappa shape index (κ3) is 7.83. The Bertz CT molecular complexity index is 462. The van der Waals surface area contributed by atoms with Gasteiger partial charge in [0.15, 0.2) is 0 Å². The molecule has 0 amide bonds. The van der Waals surface area contributed by atoms with Crippen LogP contribution in [0.2, 0.25) is 0 Å². The van der Waals surface area contributed by atoms with Crippen LogP contribution in [-0.2, 0) is 0 Å². The molecular formula is C14H16BF4NP-. The first kappa shape index (κ1) is 17.7. The van der Waals surface area contributed by atoms with Gasteiger partial charge in [0.1, 0.15) is 0 Å². The summed E-state index contributed by atoms with van der Waals surface area (Å²) in [4.78, 5) is 0. The number of hydrogen-bond donors (Lipinski definition) is 1. The second-order valence-corrected chi connectivity index (χ2v) is 6.44. The van der Waals surface area contributed by atoms with Crippen molar-refractivity contribution < 1.29 is 17.3 Å². The highest BCUT2D eigenvalue weighted by Crippen LogP contribution is 2.32. The van der Waals surface area contributed by atoms with E-state index in [1.165, 1.54) is 10.6 Å². The fourth-order valence-electron chi connectivity index (χ4n) is 1.75. The average Bonchev–Trinajstić information content (AvgIpc) is 2.45. The van der Waals surface area contributed by atoms with Crippen molar-refractivity contribution >= 4 is 25.8 Å². The van der Waals surface area contributed by atoms with Crippen LogP contribution >= 0.6 is 7.92 Å². The van der Waals surface area contributed by atoms with Crippen molar-refractivity contribution in [2.45, 2.75) is 0 Å². The first-order valence-corrected chi connectivity index (χ1v) is 7.89. The molecule has 2 aromatic rings. The minimum Gasteiger partial charge on any atom is -0.418 e. The van der Waals surface area contributed by atoms with Gasteiger partial charge in [-0.1, -0.05) is 60.7 Å². The van der Waals surface area contributed by atoms with Crippen molar-refractivity contribution in [2.75, 3.05) is 12.7 Å². The summed E-state index contributed by atoms with van der Waals surface area (Å²) in [5.41, 5.74) is 5.72. The van der Waals surface area contributed by atoms with Gasteiger partial charge in [0.2, 0.25) is 0 Å². The molecule has 1 nitrogen and oxygen atoms in total. The number of halogens is 4. The van der Waals surface area contributed by atoms with E-state index in [1.807, 2.05) is 0 Å². The van der Waals surface area contributed by atoms with Crippen molar-refractivity contribution in [1.82, 2.24) is 0 Å². The van der Waals surface area contributed by atoms with Crippen LogP contribution in [0.5, 0.6) is 0 Å². The lowest BCUT2D eigenvalue weighted by atomic mass is 10.3. The van der Waals surface area contributed by atoms with Gasteiger partial charge in [-0.05, 0) is 31.2 Å². The lowest BCUT2D eigenvalue weighted by molar-refractivity contribution is 0.368. The van der Waals surface area contributed by atoms with E-state index in [9.17, 15) is 17.3 Å². The quantitative estimate of drug-likeness (QED) is 0.522. The third-order valence-electron chi connectivity index (χ3n) is 2.49. The monoisotopic (exact) mass is 316 g/mol. The third-order valence-corrected chi connectivity index (χ3v) is 5.04. The first-order valence-electron chi connectivity index (χ1n) is 6.37. The van der Waals surface area contributed by atoms with E-state index < -0.39 is 7.25 Å². The number of hydrogen-bond acceptors (Lipinski definition) is 1. The van der Waals surface area contributed by atoms with Crippen LogP contribution in [0.4, 0.5) is 17.3 Å². The van der Waals surface area contributed by atoms with E-state index in [-0.39, 0.29) is 7.92 Å². The molecule has 0 saturated carbocycles. The average molecular weight is 316 g/mol. The molecule has 0 aliphatic rings.